The fourth-order valence-corrected chi connectivity index (χ4v) is 4.95. The monoisotopic (exact) mass is 458 g/mol. The Morgan fingerprint density at radius 1 is 0.882 bits per heavy atom. The van der Waals surface area contributed by atoms with Crippen molar-refractivity contribution >= 4 is 35.1 Å². The van der Waals surface area contributed by atoms with Gasteiger partial charge < -0.3 is 9.64 Å². The summed E-state index contributed by atoms with van der Waals surface area (Å²) >= 11 is 0. The van der Waals surface area contributed by atoms with Gasteiger partial charge in [-0.15, -0.1) is 0 Å². The summed E-state index contributed by atoms with van der Waals surface area (Å²) in [6.07, 6.45) is 5.08. The van der Waals surface area contributed by atoms with Crippen LogP contribution in [0.1, 0.15) is 30.4 Å². The predicted octanol–water partition coefficient (Wildman–Crippen LogP) is 3.72. The van der Waals surface area contributed by atoms with Crippen LogP contribution in [-0.4, -0.2) is 30.2 Å². The molecule has 1 aliphatic carbocycles. The molecule has 2 fully saturated rings. The second-order valence-electron chi connectivity index (χ2n) is 9.26. The number of fused-ring (bicyclic) bond motifs is 1. The number of anilines is 2. The van der Waals surface area contributed by atoms with Gasteiger partial charge in [-0.3, -0.25) is 19.2 Å². The lowest BCUT2D eigenvalue weighted by molar-refractivity contribution is -0.139. The molecule has 0 bridgehead atoms. The van der Waals surface area contributed by atoms with Crippen LogP contribution in [-0.2, 0) is 19.2 Å². The topological polar surface area (TPSA) is 84.0 Å². The van der Waals surface area contributed by atoms with Gasteiger partial charge in [0.25, 0.3) is 0 Å². The number of esters is 1. The number of hydrogen-bond acceptors (Lipinski definition) is 5. The molecular weight excluding hydrogens is 432 g/mol. The first-order chi connectivity index (χ1) is 16.3. The van der Waals surface area contributed by atoms with E-state index in [-0.39, 0.29) is 48.3 Å². The third-order valence-electron chi connectivity index (χ3n) is 7.06. The number of hydrogen-bond donors (Lipinski definition) is 0. The number of carbonyl (C=O) groups excluding carboxylic acids is 4. The highest BCUT2D eigenvalue weighted by Gasteiger charge is 2.48. The number of rotatable bonds is 4. The molecule has 3 atom stereocenters. The van der Waals surface area contributed by atoms with Crippen LogP contribution in [0.2, 0.25) is 0 Å². The van der Waals surface area contributed by atoms with Gasteiger partial charge >= 0.3 is 5.97 Å². The van der Waals surface area contributed by atoms with E-state index in [1.54, 1.807) is 23.1 Å². The zero-order chi connectivity index (χ0) is 24.0. The van der Waals surface area contributed by atoms with Crippen LogP contribution in [0, 0.1) is 31.6 Å². The van der Waals surface area contributed by atoms with Crippen molar-refractivity contribution in [3.05, 3.63) is 65.7 Å². The normalized spacial score (nSPS) is 24.1. The molecule has 2 aliphatic heterocycles. The number of nitrogens with zero attached hydrogens (tertiary/aromatic N) is 2. The SMILES string of the molecule is Cc1ccc(N2C[C@H](C(=O)Oc3cccc(N4C(=O)[C@H]5CC=CC[C@H]5C4=O)c3)CC2=O)cc1C. The van der Waals surface area contributed by atoms with Gasteiger partial charge in [0.05, 0.1) is 23.4 Å². The van der Waals surface area contributed by atoms with Crippen LogP contribution in [0.3, 0.4) is 0 Å². The molecule has 7 nitrogen and oxygen atoms in total. The minimum atomic E-state index is -0.596. The summed E-state index contributed by atoms with van der Waals surface area (Å²) in [5.41, 5.74) is 3.38. The number of ether oxygens (including phenoxy) is 1. The molecule has 34 heavy (non-hydrogen) atoms. The molecule has 2 saturated heterocycles. The van der Waals surface area contributed by atoms with Crippen LogP contribution < -0.4 is 14.5 Å². The summed E-state index contributed by atoms with van der Waals surface area (Å²) in [5, 5.41) is 0. The summed E-state index contributed by atoms with van der Waals surface area (Å²) in [5.74, 6) is -2.07. The first-order valence-electron chi connectivity index (χ1n) is 11.6. The smallest absolute Gasteiger partial charge is 0.316 e. The highest BCUT2D eigenvalue weighted by atomic mass is 16.5. The molecule has 3 aliphatic rings. The van der Waals surface area contributed by atoms with Gasteiger partial charge in [-0.2, -0.15) is 0 Å². The molecule has 2 aromatic rings. The van der Waals surface area contributed by atoms with E-state index in [0.29, 0.717) is 18.5 Å². The number of imide groups is 1. The van der Waals surface area contributed by atoms with E-state index >= 15 is 0 Å². The Labute approximate surface area is 198 Å². The van der Waals surface area contributed by atoms with Crippen molar-refractivity contribution in [1.29, 1.82) is 0 Å². The maximum Gasteiger partial charge on any atom is 0.316 e. The Hall–Kier alpha value is -3.74. The van der Waals surface area contributed by atoms with Crippen LogP contribution in [0.5, 0.6) is 5.75 Å². The summed E-state index contributed by atoms with van der Waals surface area (Å²) < 4.78 is 5.58. The van der Waals surface area contributed by atoms with Gasteiger partial charge in [-0.1, -0.05) is 24.3 Å². The highest BCUT2D eigenvalue weighted by molar-refractivity contribution is 6.22. The second kappa shape index (κ2) is 8.56. The Bertz CT molecular complexity index is 1210. The lowest BCUT2D eigenvalue weighted by Crippen LogP contribution is -2.31. The van der Waals surface area contributed by atoms with Gasteiger partial charge in [-0.25, -0.2) is 4.90 Å². The largest absolute Gasteiger partial charge is 0.426 e. The van der Waals surface area contributed by atoms with Crippen molar-refractivity contribution in [3.8, 4) is 5.75 Å². The lowest BCUT2D eigenvalue weighted by atomic mass is 9.85. The molecule has 0 unspecified atom stereocenters. The van der Waals surface area contributed by atoms with Gasteiger partial charge in [0.15, 0.2) is 0 Å². The van der Waals surface area contributed by atoms with Gasteiger partial charge in [0.1, 0.15) is 5.75 Å². The van der Waals surface area contributed by atoms with E-state index in [2.05, 4.69) is 0 Å². The molecular formula is C27H26N2O5. The van der Waals surface area contributed by atoms with Crippen molar-refractivity contribution in [2.24, 2.45) is 17.8 Å². The predicted molar refractivity (Wildman–Crippen MR) is 126 cm³/mol. The minimum absolute atomic E-state index is 0.0743. The molecule has 7 heteroatoms. The molecule has 0 radical (unpaired) electrons. The van der Waals surface area contributed by atoms with E-state index in [1.165, 1.54) is 11.0 Å². The van der Waals surface area contributed by atoms with Crippen molar-refractivity contribution in [1.82, 2.24) is 0 Å². The Kier molecular flexibility index (Phi) is 5.55. The van der Waals surface area contributed by atoms with Crippen molar-refractivity contribution in [2.45, 2.75) is 33.1 Å². The zero-order valence-electron chi connectivity index (χ0n) is 19.2. The second-order valence-corrected chi connectivity index (χ2v) is 9.26. The van der Waals surface area contributed by atoms with Gasteiger partial charge in [-0.05, 0) is 62.1 Å². The molecule has 174 valence electrons. The Morgan fingerprint density at radius 2 is 1.59 bits per heavy atom. The number of allylic oxidation sites excluding steroid dienone is 2. The first-order valence-corrected chi connectivity index (χ1v) is 11.6. The van der Waals surface area contributed by atoms with E-state index in [9.17, 15) is 19.2 Å². The van der Waals surface area contributed by atoms with E-state index < -0.39 is 11.9 Å². The van der Waals surface area contributed by atoms with Crippen LogP contribution in [0.4, 0.5) is 11.4 Å². The molecule has 0 saturated carbocycles. The average molecular weight is 459 g/mol. The standard InChI is InChI=1S/C27H26N2O5/c1-16-10-11-19(12-17(16)2)28-15-18(13-24(28)30)27(33)34-21-7-5-6-20(14-21)29-25(31)22-8-3-4-9-23(22)26(29)32/h3-7,10-12,14,18,22-23H,8-9,13,15H2,1-2H3/t18-,22-,23+/m1/s1. The fraction of sp³-hybridized carbons (Fsp3) is 0.333. The first kappa shape index (κ1) is 22.1. The van der Waals surface area contributed by atoms with E-state index in [0.717, 1.165) is 16.8 Å². The number of carbonyl (C=O) groups is 4. The van der Waals surface area contributed by atoms with Crippen LogP contribution in [0.15, 0.2) is 54.6 Å². The molecule has 0 N–H and O–H groups in total. The number of aryl methyl sites for hydroxylation is 2. The molecule has 0 spiro atoms. The Morgan fingerprint density at radius 3 is 2.26 bits per heavy atom. The third-order valence-corrected chi connectivity index (χ3v) is 7.06. The summed E-state index contributed by atoms with van der Waals surface area (Å²) in [7, 11) is 0. The van der Waals surface area contributed by atoms with Crippen molar-refractivity contribution in [2.75, 3.05) is 16.3 Å². The maximum absolute atomic E-state index is 12.9. The lowest BCUT2D eigenvalue weighted by Gasteiger charge is -2.18. The van der Waals surface area contributed by atoms with E-state index in [1.807, 2.05) is 44.2 Å². The van der Waals surface area contributed by atoms with Crippen molar-refractivity contribution in [3.63, 3.8) is 0 Å². The summed E-state index contributed by atoms with van der Waals surface area (Å²) in [6, 6.07) is 12.3. The third kappa shape index (κ3) is 3.81. The average Bonchev–Trinajstić information content (AvgIpc) is 3.34. The minimum Gasteiger partial charge on any atom is -0.426 e. The molecule has 2 aromatic carbocycles. The summed E-state index contributed by atoms with van der Waals surface area (Å²) in [6.45, 7) is 4.24. The quantitative estimate of drug-likeness (QED) is 0.302. The number of benzene rings is 2. The molecule has 3 amide bonds. The maximum atomic E-state index is 12.9. The molecule has 5 rings (SSSR count). The molecule has 2 heterocycles. The summed E-state index contributed by atoms with van der Waals surface area (Å²) in [4.78, 5) is 54.0. The van der Waals surface area contributed by atoms with Gasteiger partial charge in [0.2, 0.25) is 17.7 Å². The zero-order valence-corrected chi connectivity index (χ0v) is 19.2. The molecule has 0 aromatic heterocycles. The van der Waals surface area contributed by atoms with Crippen molar-refractivity contribution < 1.29 is 23.9 Å². The Balaban J connectivity index is 1.29. The highest BCUT2D eigenvalue weighted by Crippen LogP contribution is 2.38. The van der Waals surface area contributed by atoms with Crippen LogP contribution >= 0.6 is 0 Å². The van der Waals surface area contributed by atoms with Crippen LogP contribution in [0.25, 0.3) is 0 Å². The van der Waals surface area contributed by atoms with E-state index in [4.69, 9.17) is 4.74 Å². The fourth-order valence-electron chi connectivity index (χ4n) is 4.95. The van der Waals surface area contributed by atoms with Gasteiger partial charge in [0, 0.05) is 24.7 Å². The number of amides is 3.